The van der Waals surface area contributed by atoms with E-state index in [1.54, 1.807) is 6.26 Å². The molecule has 1 rings (SSSR count). The first-order valence-corrected chi connectivity index (χ1v) is 5.74. The summed E-state index contributed by atoms with van der Waals surface area (Å²) in [6, 6.07) is 4.10. The van der Waals surface area contributed by atoms with Crippen LogP contribution in [-0.4, -0.2) is 30.4 Å². The largest absolute Gasteiger partial charge is 0.467 e. The van der Waals surface area contributed by atoms with Crippen LogP contribution in [0.5, 0.6) is 0 Å². The van der Waals surface area contributed by atoms with E-state index in [4.69, 9.17) is 9.15 Å². The first-order chi connectivity index (χ1) is 7.72. The van der Waals surface area contributed by atoms with Gasteiger partial charge < -0.3 is 19.6 Å². The molecule has 0 spiro atoms. The molecule has 1 aromatic heterocycles. The zero-order chi connectivity index (χ0) is 11.8. The molecule has 0 fully saturated rings. The fourth-order valence-corrected chi connectivity index (χ4v) is 1.23. The first-order valence-electron chi connectivity index (χ1n) is 5.74. The van der Waals surface area contributed by atoms with Gasteiger partial charge in [0, 0.05) is 12.6 Å². The number of rotatable bonds is 8. The van der Waals surface area contributed by atoms with Crippen molar-refractivity contribution < 1.29 is 14.3 Å². The lowest BCUT2D eigenvalue weighted by molar-refractivity contribution is 0.0217. The van der Waals surface area contributed by atoms with E-state index >= 15 is 0 Å². The first kappa shape index (κ1) is 13.2. The van der Waals surface area contributed by atoms with Gasteiger partial charge in [0.05, 0.1) is 19.0 Å². The van der Waals surface area contributed by atoms with E-state index < -0.39 is 6.10 Å². The van der Waals surface area contributed by atoms with Crippen molar-refractivity contribution in [3.8, 4) is 0 Å². The summed E-state index contributed by atoms with van der Waals surface area (Å²) in [5.74, 6) is 0.780. The van der Waals surface area contributed by atoms with Crippen molar-refractivity contribution in [2.75, 3.05) is 13.2 Å². The summed E-state index contributed by atoms with van der Waals surface area (Å²) >= 11 is 0. The molecule has 1 aromatic rings. The third kappa shape index (κ3) is 5.30. The number of hydrogen-bond acceptors (Lipinski definition) is 4. The maximum atomic E-state index is 9.60. The van der Waals surface area contributed by atoms with Crippen LogP contribution in [0.3, 0.4) is 0 Å². The van der Waals surface area contributed by atoms with Gasteiger partial charge in [0.1, 0.15) is 12.4 Å². The van der Waals surface area contributed by atoms with E-state index in [1.165, 1.54) is 0 Å². The smallest absolute Gasteiger partial charge is 0.129 e. The van der Waals surface area contributed by atoms with Crippen LogP contribution in [-0.2, 0) is 11.3 Å². The van der Waals surface area contributed by atoms with E-state index in [2.05, 4.69) is 19.2 Å². The van der Waals surface area contributed by atoms with Crippen LogP contribution in [0.15, 0.2) is 22.8 Å². The molecule has 2 N–H and O–H groups in total. The Kier molecular flexibility index (Phi) is 6.15. The number of furan rings is 1. The van der Waals surface area contributed by atoms with Crippen molar-refractivity contribution in [3.63, 3.8) is 0 Å². The molecule has 0 aliphatic rings. The van der Waals surface area contributed by atoms with Crippen LogP contribution in [0.25, 0.3) is 0 Å². The zero-order valence-corrected chi connectivity index (χ0v) is 9.98. The predicted octanol–water partition coefficient (Wildman–Crippen LogP) is 1.55. The highest BCUT2D eigenvalue weighted by atomic mass is 16.5. The molecule has 0 radical (unpaired) electrons. The van der Waals surface area contributed by atoms with E-state index in [0.717, 1.165) is 12.2 Å². The van der Waals surface area contributed by atoms with Gasteiger partial charge in [0.15, 0.2) is 0 Å². The summed E-state index contributed by atoms with van der Waals surface area (Å²) in [6.45, 7) is 5.50. The standard InChI is InChI=1S/C12H21NO3/c1-3-10(2)13-7-11(14)8-15-9-12-5-4-6-16-12/h4-6,10-11,13-14H,3,7-9H2,1-2H3. The third-order valence-electron chi connectivity index (χ3n) is 2.45. The lowest BCUT2D eigenvalue weighted by Gasteiger charge is -2.15. The van der Waals surface area contributed by atoms with Crippen molar-refractivity contribution in [2.45, 2.75) is 39.0 Å². The Hall–Kier alpha value is -0.840. The summed E-state index contributed by atoms with van der Waals surface area (Å²) in [6.07, 6.45) is 2.20. The Morgan fingerprint density at radius 1 is 1.56 bits per heavy atom. The second kappa shape index (κ2) is 7.44. The molecule has 0 aromatic carbocycles. The van der Waals surface area contributed by atoms with Crippen LogP contribution >= 0.6 is 0 Å². The highest BCUT2D eigenvalue weighted by Gasteiger charge is 2.06. The van der Waals surface area contributed by atoms with Crippen LogP contribution in [0.4, 0.5) is 0 Å². The Morgan fingerprint density at radius 2 is 2.38 bits per heavy atom. The molecule has 92 valence electrons. The lowest BCUT2D eigenvalue weighted by Crippen LogP contribution is -2.35. The van der Waals surface area contributed by atoms with Gasteiger partial charge in [-0.25, -0.2) is 0 Å². The second-order valence-electron chi connectivity index (χ2n) is 3.97. The number of hydrogen-bond donors (Lipinski definition) is 2. The Bertz CT molecular complexity index is 261. The summed E-state index contributed by atoms with van der Waals surface area (Å²) in [5.41, 5.74) is 0. The average molecular weight is 227 g/mol. The minimum absolute atomic E-state index is 0.324. The molecule has 1 heterocycles. The summed E-state index contributed by atoms with van der Waals surface area (Å²) in [7, 11) is 0. The van der Waals surface area contributed by atoms with Crippen LogP contribution < -0.4 is 5.32 Å². The second-order valence-corrected chi connectivity index (χ2v) is 3.97. The van der Waals surface area contributed by atoms with Gasteiger partial charge in [-0.3, -0.25) is 0 Å². The maximum absolute atomic E-state index is 9.60. The number of ether oxygens (including phenoxy) is 1. The fraction of sp³-hybridized carbons (Fsp3) is 0.667. The van der Waals surface area contributed by atoms with Crippen molar-refractivity contribution in [2.24, 2.45) is 0 Å². The van der Waals surface area contributed by atoms with Crippen molar-refractivity contribution in [1.82, 2.24) is 5.32 Å². The number of nitrogens with one attached hydrogen (secondary N) is 1. The molecule has 0 aliphatic carbocycles. The Balaban J connectivity index is 2.04. The molecule has 4 heteroatoms. The normalized spacial score (nSPS) is 14.9. The molecule has 0 aliphatic heterocycles. The van der Waals surface area contributed by atoms with Gasteiger partial charge in [-0.15, -0.1) is 0 Å². The fourth-order valence-electron chi connectivity index (χ4n) is 1.23. The monoisotopic (exact) mass is 227 g/mol. The topological polar surface area (TPSA) is 54.6 Å². The van der Waals surface area contributed by atoms with Crippen molar-refractivity contribution in [1.29, 1.82) is 0 Å². The third-order valence-corrected chi connectivity index (χ3v) is 2.45. The molecule has 2 atom stereocenters. The SMILES string of the molecule is CCC(C)NCC(O)COCc1ccco1. The Morgan fingerprint density at radius 3 is 3.00 bits per heavy atom. The zero-order valence-electron chi connectivity index (χ0n) is 9.98. The van der Waals surface area contributed by atoms with E-state index in [0.29, 0.717) is 25.8 Å². The van der Waals surface area contributed by atoms with Gasteiger partial charge >= 0.3 is 0 Å². The minimum atomic E-state index is -0.469. The van der Waals surface area contributed by atoms with Crippen molar-refractivity contribution in [3.05, 3.63) is 24.2 Å². The maximum Gasteiger partial charge on any atom is 0.129 e. The Labute approximate surface area is 96.6 Å². The summed E-state index contributed by atoms with van der Waals surface area (Å²) < 4.78 is 10.4. The summed E-state index contributed by atoms with van der Waals surface area (Å²) in [5, 5.41) is 12.8. The number of aliphatic hydroxyl groups excluding tert-OH is 1. The molecule has 4 nitrogen and oxygen atoms in total. The van der Waals surface area contributed by atoms with Gasteiger partial charge in [-0.2, -0.15) is 0 Å². The van der Waals surface area contributed by atoms with E-state index in [9.17, 15) is 5.11 Å². The number of aliphatic hydroxyl groups is 1. The summed E-state index contributed by atoms with van der Waals surface area (Å²) in [4.78, 5) is 0. The minimum Gasteiger partial charge on any atom is -0.467 e. The molecule has 0 saturated carbocycles. The predicted molar refractivity (Wildman–Crippen MR) is 62.1 cm³/mol. The molecule has 16 heavy (non-hydrogen) atoms. The van der Waals surface area contributed by atoms with Gasteiger partial charge in [0.2, 0.25) is 0 Å². The molecule has 0 bridgehead atoms. The van der Waals surface area contributed by atoms with E-state index in [-0.39, 0.29) is 0 Å². The molecule has 2 unspecified atom stereocenters. The van der Waals surface area contributed by atoms with Crippen LogP contribution in [0.1, 0.15) is 26.0 Å². The van der Waals surface area contributed by atoms with E-state index in [1.807, 2.05) is 12.1 Å². The highest BCUT2D eigenvalue weighted by Crippen LogP contribution is 2.02. The highest BCUT2D eigenvalue weighted by molar-refractivity contribution is 4.96. The average Bonchev–Trinajstić information content (AvgIpc) is 2.79. The van der Waals surface area contributed by atoms with Gasteiger partial charge in [-0.05, 0) is 25.5 Å². The lowest BCUT2D eigenvalue weighted by atomic mass is 10.2. The van der Waals surface area contributed by atoms with Crippen LogP contribution in [0.2, 0.25) is 0 Å². The van der Waals surface area contributed by atoms with Gasteiger partial charge in [0.25, 0.3) is 0 Å². The molecule has 0 saturated heterocycles. The molecular formula is C12H21NO3. The van der Waals surface area contributed by atoms with Crippen LogP contribution in [0, 0.1) is 0 Å². The molecule has 0 amide bonds. The quantitative estimate of drug-likeness (QED) is 0.707. The molecular weight excluding hydrogens is 206 g/mol. The van der Waals surface area contributed by atoms with Crippen molar-refractivity contribution >= 4 is 0 Å². The van der Waals surface area contributed by atoms with Gasteiger partial charge in [-0.1, -0.05) is 6.92 Å².